The zero-order valence-corrected chi connectivity index (χ0v) is 15.9. The largest absolute Gasteiger partial charge is 0.497 e. The number of fused-ring (bicyclic) bond motifs is 1. The van der Waals surface area contributed by atoms with Crippen molar-refractivity contribution in [1.29, 1.82) is 0 Å². The lowest BCUT2D eigenvalue weighted by atomic mass is 10.1. The Bertz CT molecular complexity index is 1050. The zero-order chi connectivity index (χ0) is 19.5. The number of ether oxygens (including phenoxy) is 3. The fourth-order valence-electron chi connectivity index (χ4n) is 2.89. The molecule has 0 saturated carbocycles. The van der Waals surface area contributed by atoms with Gasteiger partial charge in [0.15, 0.2) is 5.76 Å². The molecule has 1 heterocycles. The lowest BCUT2D eigenvalue weighted by molar-refractivity contribution is 0.101. The molecule has 0 aromatic heterocycles. The number of halogens is 1. The number of hydrogen-bond donors (Lipinski definition) is 0. The van der Waals surface area contributed by atoms with Gasteiger partial charge in [-0.2, -0.15) is 0 Å². The Morgan fingerprint density at radius 1 is 1.00 bits per heavy atom. The first-order valence-corrected chi connectivity index (χ1v) is 9.10. The van der Waals surface area contributed by atoms with E-state index in [9.17, 15) is 4.79 Å². The summed E-state index contributed by atoms with van der Waals surface area (Å²) in [7, 11) is 1.63. The maximum absolute atomic E-state index is 12.6. The van der Waals surface area contributed by atoms with Crippen LogP contribution >= 0.6 is 11.6 Å². The summed E-state index contributed by atoms with van der Waals surface area (Å²) in [6, 6.07) is 20.1. The Balaban J connectivity index is 1.48. The summed E-state index contributed by atoms with van der Waals surface area (Å²) < 4.78 is 16.7. The highest BCUT2D eigenvalue weighted by Crippen LogP contribution is 2.35. The normalized spacial score (nSPS) is 13.9. The number of Topliss-reactive ketones (excluding diaryl/α,β-unsaturated/α-hetero) is 1. The predicted octanol–water partition coefficient (Wildman–Crippen LogP) is 5.54. The molecular formula is C23H17ClO4. The summed E-state index contributed by atoms with van der Waals surface area (Å²) in [5, 5.41) is 0.603. The van der Waals surface area contributed by atoms with Crippen LogP contribution in [0.5, 0.6) is 17.2 Å². The van der Waals surface area contributed by atoms with E-state index in [4.69, 9.17) is 25.8 Å². The number of carbonyl (C=O) groups excluding carboxylic acids is 1. The summed E-state index contributed by atoms with van der Waals surface area (Å²) in [5.74, 6) is 2.03. The Morgan fingerprint density at radius 2 is 1.79 bits per heavy atom. The molecule has 140 valence electrons. The van der Waals surface area contributed by atoms with Gasteiger partial charge in [-0.3, -0.25) is 4.79 Å². The highest BCUT2D eigenvalue weighted by Gasteiger charge is 2.27. The minimum Gasteiger partial charge on any atom is -0.497 e. The van der Waals surface area contributed by atoms with Crippen molar-refractivity contribution in [2.75, 3.05) is 7.11 Å². The molecule has 0 saturated heterocycles. The maximum atomic E-state index is 12.6. The SMILES string of the molecule is COc1ccc(COc2ccc3c(c2)OC(=Cc2cccc(Cl)c2)C3=O)cc1. The van der Waals surface area contributed by atoms with Crippen molar-refractivity contribution < 1.29 is 19.0 Å². The fourth-order valence-corrected chi connectivity index (χ4v) is 3.09. The molecule has 0 bridgehead atoms. The molecular weight excluding hydrogens is 376 g/mol. The molecule has 0 spiro atoms. The van der Waals surface area contributed by atoms with Crippen LogP contribution in [0.15, 0.2) is 72.5 Å². The van der Waals surface area contributed by atoms with Crippen LogP contribution in [-0.2, 0) is 6.61 Å². The van der Waals surface area contributed by atoms with Crippen molar-refractivity contribution in [3.8, 4) is 17.2 Å². The van der Waals surface area contributed by atoms with Crippen LogP contribution in [-0.4, -0.2) is 12.9 Å². The molecule has 0 fully saturated rings. The molecule has 3 aromatic carbocycles. The molecule has 1 aliphatic heterocycles. The minimum atomic E-state index is -0.156. The number of allylic oxidation sites excluding steroid dienone is 1. The van der Waals surface area contributed by atoms with Gasteiger partial charge in [0, 0.05) is 11.1 Å². The first-order valence-electron chi connectivity index (χ1n) is 8.72. The van der Waals surface area contributed by atoms with Gasteiger partial charge in [-0.05, 0) is 53.6 Å². The van der Waals surface area contributed by atoms with Gasteiger partial charge in [-0.15, -0.1) is 0 Å². The van der Waals surface area contributed by atoms with Gasteiger partial charge in [0.1, 0.15) is 23.9 Å². The summed E-state index contributed by atoms with van der Waals surface area (Å²) in [6.45, 7) is 0.405. The molecule has 0 aliphatic carbocycles. The highest BCUT2D eigenvalue weighted by atomic mass is 35.5. The van der Waals surface area contributed by atoms with Gasteiger partial charge in [-0.1, -0.05) is 35.9 Å². The van der Waals surface area contributed by atoms with E-state index in [-0.39, 0.29) is 11.5 Å². The number of methoxy groups -OCH3 is 1. The second kappa shape index (κ2) is 7.79. The second-order valence-electron chi connectivity index (χ2n) is 6.29. The molecule has 0 radical (unpaired) electrons. The summed E-state index contributed by atoms with van der Waals surface area (Å²) in [5.41, 5.74) is 2.34. The number of rotatable bonds is 5. The van der Waals surface area contributed by atoms with Crippen molar-refractivity contribution in [3.05, 3.63) is 94.2 Å². The monoisotopic (exact) mass is 392 g/mol. The fraction of sp³-hybridized carbons (Fsp3) is 0.0870. The number of carbonyl (C=O) groups is 1. The van der Waals surface area contributed by atoms with Crippen molar-refractivity contribution in [3.63, 3.8) is 0 Å². The van der Waals surface area contributed by atoms with Crippen LogP contribution in [0.3, 0.4) is 0 Å². The van der Waals surface area contributed by atoms with Gasteiger partial charge in [0.25, 0.3) is 0 Å². The Kier molecular flexibility index (Phi) is 5.04. The molecule has 0 atom stereocenters. The lowest BCUT2D eigenvalue weighted by Gasteiger charge is -2.08. The van der Waals surface area contributed by atoms with E-state index in [1.165, 1.54) is 0 Å². The van der Waals surface area contributed by atoms with E-state index in [1.54, 1.807) is 43.5 Å². The van der Waals surface area contributed by atoms with Gasteiger partial charge >= 0.3 is 0 Å². The molecule has 1 aliphatic rings. The quantitative estimate of drug-likeness (QED) is 0.534. The standard InChI is InChI=1S/C23H17ClO4/c1-26-18-7-5-15(6-8-18)14-27-19-9-10-20-21(13-19)28-22(23(20)25)12-16-3-2-4-17(24)11-16/h2-13H,14H2,1H3. The van der Waals surface area contributed by atoms with Crippen molar-refractivity contribution in [2.45, 2.75) is 6.61 Å². The van der Waals surface area contributed by atoms with Crippen LogP contribution in [0.4, 0.5) is 0 Å². The Hall–Kier alpha value is -3.24. The predicted molar refractivity (Wildman–Crippen MR) is 108 cm³/mol. The van der Waals surface area contributed by atoms with E-state index in [1.807, 2.05) is 36.4 Å². The molecule has 0 amide bonds. The molecule has 0 unspecified atom stereocenters. The number of hydrogen-bond acceptors (Lipinski definition) is 4. The van der Waals surface area contributed by atoms with E-state index < -0.39 is 0 Å². The van der Waals surface area contributed by atoms with Gasteiger partial charge in [-0.25, -0.2) is 0 Å². The smallest absolute Gasteiger partial charge is 0.231 e. The Labute approximate surface area is 167 Å². The maximum Gasteiger partial charge on any atom is 0.231 e. The number of ketones is 1. The average Bonchev–Trinajstić information content (AvgIpc) is 3.01. The van der Waals surface area contributed by atoms with Gasteiger partial charge < -0.3 is 14.2 Å². The molecule has 0 N–H and O–H groups in total. The van der Waals surface area contributed by atoms with E-state index in [2.05, 4.69) is 0 Å². The molecule has 28 heavy (non-hydrogen) atoms. The third kappa shape index (κ3) is 3.87. The molecule has 5 heteroatoms. The van der Waals surface area contributed by atoms with E-state index >= 15 is 0 Å². The van der Waals surface area contributed by atoms with Crippen LogP contribution in [0, 0.1) is 0 Å². The van der Waals surface area contributed by atoms with Crippen molar-refractivity contribution >= 4 is 23.5 Å². The van der Waals surface area contributed by atoms with Gasteiger partial charge in [0.2, 0.25) is 5.78 Å². The van der Waals surface area contributed by atoms with Crippen LogP contribution < -0.4 is 14.2 Å². The van der Waals surface area contributed by atoms with Crippen molar-refractivity contribution in [2.24, 2.45) is 0 Å². The van der Waals surface area contributed by atoms with Crippen LogP contribution in [0.1, 0.15) is 21.5 Å². The third-order valence-electron chi connectivity index (χ3n) is 4.35. The van der Waals surface area contributed by atoms with E-state index in [0.29, 0.717) is 28.7 Å². The van der Waals surface area contributed by atoms with Crippen LogP contribution in [0.25, 0.3) is 6.08 Å². The topological polar surface area (TPSA) is 44.8 Å². The summed E-state index contributed by atoms with van der Waals surface area (Å²) in [4.78, 5) is 12.6. The molecule has 4 nitrogen and oxygen atoms in total. The molecule has 4 rings (SSSR count). The average molecular weight is 393 g/mol. The summed E-state index contributed by atoms with van der Waals surface area (Å²) in [6.07, 6.45) is 1.69. The minimum absolute atomic E-state index is 0.156. The lowest BCUT2D eigenvalue weighted by Crippen LogP contribution is -1.98. The first kappa shape index (κ1) is 18.1. The Morgan fingerprint density at radius 3 is 2.54 bits per heavy atom. The van der Waals surface area contributed by atoms with Gasteiger partial charge in [0.05, 0.1) is 12.7 Å². The summed E-state index contributed by atoms with van der Waals surface area (Å²) >= 11 is 6.00. The zero-order valence-electron chi connectivity index (χ0n) is 15.1. The highest BCUT2D eigenvalue weighted by molar-refractivity contribution is 6.30. The van der Waals surface area contributed by atoms with Crippen molar-refractivity contribution in [1.82, 2.24) is 0 Å². The molecule has 3 aromatic rings. The van der Waals surface area contributed by atoms with Crippen LogP contribution in [0.2, 0.25) is 5.02 Å². The number of benzene rings is 3. The first-order chi connectivity index (χ1) is 13.6. The van der Waals surface area contributed by atoms with E-state index in [0.717, 1.165) is 16.9 Å². The third-order valence-corrected chi connectivity index (χ3v) is 4.59. The second-order valence-corrected chi connectivity index (χ2v) is 6.73.